The predicted molar refractivity (Wildman–Crippen MR) is 113 cm³/mol. The zero-order valence-electron chi connectivity index (χ0n) is 15.2. The highest BCUT2D eigenvalue weighted by molar-refractivity contribution is 8.00. The third-order valence-electron chi connectivity index (χ3n) is 3.79. The van der Waals surface area contributed by atoms with Gasteiger partial charge in [-0.15, -0.1) is 0 Å². The number of rotatable bonds is 8. The van der Waals surface area contributed by atoms with Crippen LogP contribution in [-0.2, 0) is 11.4 Å². The zero-order valence-corrected chi connectivity index (χ0v) is 16.7. The summed E-state index contributed by atoms with van der Waals surface area (Å²) in [6.45, 7) is 0.343. The highest BCUT2D eigenvalue weighted by Crippen LogP contribution is 2.29. The number of hydrogen-bond acceptors (Lipinski definition) is 5. The van der Waals surface area contributed by atoms with E-state index in [2.05, 4.69) is 10.3 Å². The lowest BCUT2D eigenvalue weighted by atomic mass is 10.2. The molecule has 6 nitrogen and oxygen atoms in total. The Labute approximate surface area is 176 Å². The number of amides is 1. The molecule has 0 aliphatic heterocycles. The molecule has 8 heteroatoms. The highest BCUT2D eigenvalue weighted by Gasteiger charge is 2.14. The second-order valence-electron chi connectivity index (χ2n) is 5.91. The average Bonchev–Trinajstić information content (AvgIpc) is 2.72. The number of ether oxygens (including phenoxy) is 1. The van der Waals surface area contributed by atoms with Crippen LogP contribution in [0.1, 0.15) is 15.9 Å². The SMILES string of the molecule is O=C(CSc1ncccc1C(=O)O)Nc1cc(Cl)ccc1OCc1ccccc1. The number of carboxylic acid groups (broad SMARTS) is 1. The molecule has 0 bridgehead atoms. The van der Waals surface area contributed by atoms with E-state index in [4.69, 9.17) is 16.3 Å². The summed E-state index contributed by atoms with van der Waals surface area (Å²) in [7, 11) is 0. The van der Waals surface area contributed by atoms with Crippen molar-refractivity contribution in [2.45, 2.75) is 11.6 Å². The zero-order chi connectivity index (χ0) is 20.6. The lowest BCUT2D eigenvalue weighted by molar-refractivity contribution is -0.113. The van der Waals surface area contributed by atoms with Crippen molar-refractivity contribution < 1.29 is 19.4 Å². The van der Waals surface area contributed by atoms with E-state index < -0.39 is 5.97 Å². The van der Waals surface area contributed by atoms with Crippen LogP contribution in [0.5, 0.6) is 5.75 Å². The Morgan fingerprint density at radius 1 is 1.10 bits per heavy atom. The van der Waals surface area contributed by atoms with Crippen LogP contribution < -0.4 is 10.1 Å². The van der Waals surface area contributed by atoms with E-state index in [1.807, 2.05) is 30.3 Å². The molecular weight excluding hydrogens is 412 g/mol. The maximum atomic E-state index is 12.4. The molecule has 148 valence electrons. The number of carbonyl (C=O) groups is 2. The van der Waals surface area contributed by atoms with Crippen molar-refractivity contribution >= 4 is 40.9 Å². The summed E-state index contributed by atoms with van der Waals surface area (Å²) >= 11 is 7.10. The lowest BCUT2D eigenvalue weighted by Crippen LogP contribution is -2.15. The number of aromatic nitrogens is 1. The number of benzene rings is 2. The number of thioether (sulfide) groups is 1. The summed E-state index contributed by atoms with van der Waals surface area (Å²) in [4.78, 5) is 27.7. The number of anilines is 1. The summed E-state index contributed by atoms with van der Waals surface area (Å²) < 4.78 is 5.82. The third-order valence-corrected chi connectivity index (χ3v) is 5.03. The maximum Gasteiger partial charge on any atom is 0.338 e. The van der Waals surface area contributed by atoms with Crippen LogP contribution in [-0.4, -0.2) is 27.7 Å². The van der Waals surface area contributed by atoms with Crippen molar-refractivity contribution in [3.8, 4) is 5.75 Å². The molecule has 0 fully saturated rings. The van der Waals surface area contributed by atoms with Crippen molar-refractivity contribution in [1.82, 2.24) is 4.98 Å². The van der Waals surface area contributed by atoms with Crippen molar-refractivity contribution in [1.29, 1.82) is 0 Å². The minimum Gasteiger partial charge on any atom is -0.487 e. The van der Waals surface area contributed by atoms with Gasteiger partial charge in [-0.2, -0.15) is 0 Å². The van der Waals surface area contributed by atoms with Gasteiger partial charge >= 0.3 is 5.97 Å². The van der Waals surface area contributed by atoms with E-state index in [1.165, 1.54) is 18.3 Å². The molecule has 1 aromatic heterocycles. The number of halogens is 1. The van der Waals surface area contributed by atoms with Crippen molar-refractivity contribution in [3.05, 3.63) is 83.0 Å². The Morgan fingerprint density at radius 3 is 2.66 bits per heavy atom. The quantitative estimate of drug-likeness (QED) is 0.503. The van der Waals surface area contributed by atoms with Crippen LogP contribution in [0.4, 0.5) is 5.69 Å². The van der Waals surface area contributed by atoms with E-state index >= 15 is 0 Å². The van der Waals surface area contributed by atoms with Gasteiger partial charge in [0.2, 0.25) is 5.91 Å². The maximum absolute atomic E-state index is 12.4. The highest BCUT2D eigenvalue weighted by atomic mass is 35.5. The Morgan fingerprint density at radius 2 is 1.90 bits per heavy atom. The normalized spacial score (nSPS) is 10.4. The molecule has 0 saturated heterocycles. The topological polar surface area (TPSA) is 88.5 Å². The molecule has 2 aromatic carbocycles. The number of carbonyl (C=O) groups excluding carboxylic acids is 1. The summed E-state index contributed by atoms with van der Waals surface area (Å²) in [6.07, 6.45) is 1.49. The fraction of sp³-hybridized carbons (Fsp3) is 0.0952. The molecule has 3 aromatic rings. The molecule has 0 aliphatic carbocycles. The standard InChI is InChI=1S/C21H17ClN2O4S/c22-15-8-9-18(28-12-14-5-2-1-3-6-14)17(11-15)24-19(25)13-29-20-16(21(26)27)7-4-10-23-20/h1-11H,12-13H2,(H,24,25)(H,26,27). The first-order chi connectivity index (χ1) is 14.0. The summed E-state index contributed by atoms with van der Waals surface area (Å²) in [5, 5.41) is 12.7. The van der Waals surface area contributed by atoms with Crippen LogP contribution >= 0.6 is 23.4 Å². The minimum absolute atomic E-state index is 0.0120. The monoisotopic (exact) mass is 428 g/mol. The largest absolute Gasteiger partial charge is 0.487 e. The average molecular weight is 429 g/mol. The first kappa shape index (κ1) is 20.7. The molecule has 0 saturated carbocycles. The van der Waals surface area contributed by atoms with Gasteiger partial charge in [0, 0.05) is 11.2 Å². The number of nitrogens with one attached hydrogen (secondary N) is 1. The molecule has 3 rings (SSSR count). The Hall–Kier alpha value is -3.03. The van der Waals surface area contributed by atoms with Gasteiger partial charge in [-0.25, -0.2) is 9.78 Å². The Bertz CT molecular complexity index is 1010. The van der Waals surface area contributed by atoms with Gasteiger partial charge in [0.05, 0.1) is 17.0 Å². The Balaban J connectivity index is 1.65. The molecule has 2 N–H and O–H groups in total. The smallest absolute Gasteiger partial charge is 0.338 e. The molecule has 0 unspecified atom stereocenters. The third kappa shape index (κ3) is 5.97. The Kier molecular flexibility index (Phi) is 7.10. The minimum atomic E-state index is -1.09. The van der Waals surface area contributed by atoms with Gasteiger partial charge in [0.1, 0.15) is 17.4 Å². The number of aromatic carboxylic acids is 1. The molecule has 29 heavy (non-hydrogen) atoms. The van der Waals surface area contributed by atoms with Crippen molar-refractivity contribution in [2.24, 2.45) is 0 Å². The molecule has 0 atom stereocenters. The second kappa shape index (κ2) is 9.95. The van der Waals surface area contributed by atoms with E-state index in [-0.39, 0.29) is 22.2 Å². The first-order valence-electron chi connectivity index (χ1n) is 8.60. The van der Waals surface area contributed by atoms with Crippen LogP contribution in [0.25, 0.3) is 0 Å². The van der Waals surface area contributed by atoms with E-state index in [1.54, 1.807) is 18.2 Å². The van der Waals surface area contributed by atoms with Crippen molar-refractivity contribution in [3.63, 3.8) is 0 Å². The molecular formula is C21H17ClN2O4S. The van der Waals surface area contributed by atoms with Gasteiger partial charge < -0.3 is 15.2 Å². The van der Waals surface area contributed by atoms with Gasteiger partial charge in [-0.3, -0.25) is 4.79 Å². The number of pyridine rings is 1. The number of hydrogen-bond donors (Lipinski definition) is 2. The fourth-order valence-electron chi connectivity index (χ4n) is 2.45. The number of nitrogens with zero attached hydrogens (tertiary/aromatic N) is 1. The number of carboxylic acids is 1. The molecule has 0 spiro atoms. The van der Waals surface area contributed by atoms with Crippen LogP contribution in [0.3, 0.4) is 0 Å². The fourth-order valence-corrected chi connectivity index (χ4v) is 3.41. The summed E-state index contributed by atoms with van der Waals surface area (Å²) in [5.41, 5.74) is 1.49. The second-order valence-corrected chi connectivity index (χ2v) is 7.31. The van der Waals surface area contributed by atoms with E-state index in [0.29, 0.717) is 23.1 Å². The molecule has 0 aliphatic rings. The van der Waals surface area contributed by atoms with Crippen LogP contribution in [0, 0.1) is 0 Å². The predicted octanol–water partition coefficient (Wildman–Crippen LogP) is 4.74. The van der Waals surface area contributed by atoms with Gasteiger partial charge in [0.15, 0.2) is 0 Å². The van der Waals surface area contributed by atoms with Crippen LogP contribution in [0.15, 0.2) is 71.9 Å². The molecule has 1 amide bonds. The van der Waals surface area contributed by atoms with Crippen LogP contribution in [0.2, 0.25) is 5.02 Å². The lowest BCUT2D eigenvalue weighted by Gasteiger charge is -2.13. The summed E-state index contributed by atoms with van der Waals surface area (Å²) in [6, 6.07) is 17.6. The van der Waals surface area contributed by atoms with Crippen molar-refractivity contribution in [2.75, 3.05) is 11.1 Å². The van der Waals surface area contributed by atoms with Gasteiger partial charge in [-0.1, -0.05) is 53.7 Å². The van der Waals surface area contributed by atoms with E-state index in [0.717, 1.165) is 17.3 Å². The van der Waals surface area contributed by atoms with Gasteiger partial charge in [0.25, 0.3) is 0 Å². The molecule has 1 heterocycles. The van der Waals surface area contributed by atoms with Gasteiger partial charge in [-0.05, 0) is 35.9 Å². The molecule has 0 radical (unpaired) electrons. The summed E-state index contributed by atoms with van der Waals surface area (Å²) in [5.74, 6) is -0.945. The van der Waals surface area contributed by atoms with E-state index in [9.17, 15) is 14.7 Å². The first-order valence-corrected chi connectivity index (χ1v) is 9.96.